The molecule has 0 spiro atoms. The lowest BCUT2D eigenvalue weighted by molar-refractivity contribution is 0.0650. The van der Waals surface area contributed by atoms with Crippen molar-refractivity contribution in [1.29, 1.82) is 0 Å². The minimum Gasteiger partial charge on any atom is -0.339 e. The molecule has 1 saturated heterocycles. The second kappa shape index (κ2) is 6.83. The molecule has 1 aromatic heterocycles. The summed E-state index contributed by atoms with van der Waals surface area (Å²) in [6.45, 7) is 2.82. The number of Topliss-reactive ketones (excluding diaryl/α,β-unsaturated/α-hetero) is 1. The average molecular weight is 324 g/mol. The molecule has 1 amide bonds. The zero-order chi connectivity index (χ0) is 17.1. The van der Waals surface area contributed by atoms with Crippen molar-refractivity contribution in [3.8, 4) is 0 Å². The predicted molar refractivity (Wildman–Crippen MR) is 91.2 cm³/mol. The Kier molecular flexibility index (Phi) is 4.60. The number of piperidine rings is 1. The maximum atomic E-state index is 12.5. The molecule has 2 heterocycles. The van der Waals surface area contributed by atoms with Gasteiger partial charge in [-0.15, -0.1) is 0 Å². The van der Waals surface area contributed by atoms with Crippen molar-refractivity contribution < 1.29 is 9.59 Å². The number of aromatic nitrogens is 1. The van der Waals surface area contributed by atoms with E-state index >= 15 is 0 Å². The van der Waals surface area contributed by atoms with E-state index in [-0.39, 0.29) is 23.2 Å². The molecule has 1 N–H and O–H groups in total. The van der Waals surface area contributed by atoms with Gasteiger partial charge in [0.25, 0.3) is 5.91 Å². The summed E-state index contributed by atoms with van der Waals surface area (Å²) in [4.78, 5) is 40.9. The number of hydrogen-bond acceptors (Lipinski definition) is 3. The van der Waals surface area contributed by atoms with E-state index in [2.05, 4.69) is 4.98 Å². The summed E-state index contributed by atoms with van der Waals surface area (Å²) >= 11 is 0. The Labute approximate surface area is 140 Å². The number of amides is 1. The normalized spacial score (nSPS) is 15.3. The second-order valence-electron chi connectivity index (χ2n) is 6.21. The van der Waals surface area contributed by atoms with E-state index in [0.29, 0.717) is 37.2 Å². The van der Waals surface area contributed by atoms with Crippen molar-refractivity contribution in [3.63, 3.8) is 0 Å². The van der Waals surface area contributed by atoms with E-state index in [1.165, 1.54) is 6.07 Å². The molecule has 1 aromatic carbocycles. The molecule has 5 nitrogen and oxygen atoms in total. The molecule has 1 aliphatic rings. The quantitative estimate of drug-likeness (QED) is 0.882. The zero-order valence-electron chi connectivity index (χ0n) is 13.6. The summed E-state index contributed by atoms with van der Waals surface area (Å²) in [5.41, 5.74) is 1.53. The number of aromatic amines is 1. The van der Waals surface area contributed by atoms with Gasteiger partial charge in [-0.2, -0.15) is 0 Å². The van der Waals surface area contributed by atoms with Crippen molar-refractivity contribution in [2.75, 3.05) is 13.1 Å². The number of aryl methyl sites for hydroxylation is 1. The smallest absolute Gasteiger partial charge is 0.254 e. The van der Waals surface area contributed by atoms with Crippen molar-refractivity contribution in [1.82, 2.24) is 9.88 Å². The van der Waals surface area contributed by atoms with Gasteiger partial charge in [0.05, 0.1) is 0 Å². The van der Waals surface area contributed by atoms with Crippen LogP contribution in [0.15, 0.2) is 47.3 Å². The van der Waals surface area contributed by atoms with Crippen LogP contribution in [0.3, 0.4) is 0 Å². The number of carbonyl (C=O) groups excluding carboxylic acids is 2. The Hall–Kier alpha value is -2.69. The van der Waals surface area contributed by atoms with Crippen LogP contribution < -0.4 is 5.56 Å². The first kappa shape index (κ1) is 16.2. The van der Waals surface area contributed by atoms with Crippen molar-refractivity contribution in [2.24, 2.45) is 5.92 Å². The van der Waals surface area contributed by atoms with Crippen LogP contribution in [-0.2, 0) is 0 Å². The highest BCUT2D eigenvalue weighted by Crippen LogP contribution is 2.22. The number of hydrogen-bond donors (Lipinski definition) is 1. The number of carbonyl (C=O) groups is 2. The standard InChI is InChI=1S/C19H20N2O3/c1-13-11-16(12-17(22)20-13)19(24)21-9-7-15(8-10-21)18(23)14-5-3-2-4-6-14/h2-6,11-12,15H,7-10H2,1H3,(H,20,22). The highest BCUT2D eigenvalue weighted by atomic mass is 16.2. The largest absolute Gasteiger partial charge is 0.339 e. The van der Waals surface area contributed by atoms with Gasteiger partial charge in [-0.25, -0.2) is 0 Å². The third-order valence-corrected chi connectivity index (χ3v) is 4.44. The molecule has 3 rings (SSSR count). The molecule has 0 bridgehead atoms. The zero-order valence-corrected chi connectivity index (χ0v) is 13.6. The summed E-state index contributed by atoms with van der Waals surface area (Å²) in [5, 5.41) is 0. The molecule has 2 aromatic rings. The highest BCUT2D eigenvalue weighted by molar-refractivity contribution is 5.98. The summed E-state index contributed by atoms with van der Waals surface area (Å²) in [6, 6.07) is 12.3. The maximum absolute atomic E-state index is 12.5. The Balaban J connectivity index is 1.65. The molecule has 0 aliphatic carbocycles. The van der Waals surface area contributed by atoms with Gasteiger partial charge in [-0.1, -0.05) is 30.3 Å². The lowest BCUT2D eigenvalue weighted by Crippen LogP contribution is -2.40. The number of rotatable bonds is 3. The van der Waals surface area contributed by atoms with Crippen LogP contribution in [0, 0.1) is 12.8 Å². The summed E-state index contributed by atoms with van der Waals surface area (Å²) < 4.78 is 0. The Morgan fingerprint density at radius 2 is 1.71 bits per heavy atom. The molecular weight excluding hydrogens is 304 g/mol. The van der Waals surface area contributed by atoms with Crippen LogP contribution in [0.25, 0.3) is 0 Å². The molecule has 1 fully saturated rings. The number of ketones is 1. The number of H-pyrrole nitrogens is 1. The van der Waals surface area contributed by atoms with Crippen LogP contribution in [0.2, 0.25) is 0 Å². The van der Waals surface area contributed by atoms with E-state index in [0.717, 1.165) is 5.56 Å². The van der Waals surface area contributed by atoms with E-state index < -0.39 is 0 Å². The van der Waals surface area contributed by atoms with Gasteiger partial charge in [0.15, 0.2) is 5.78 Å². The summed E-state index contributed by atoms with van der Waals surface area (Å²) in [7, 11) is 0. The first-order chi connectivity index (χ1) is 11.5. The molecule has 0 radical (unpaired) electrons. The van der Waals surface area contributed by atoms with E-state index in [1.54, 1.807) is 17.9 Å². The van der Waals surface area contributed by atoms with Crippen LogP contribution in [0.5, 0.6) is 0 Å². The lowest BCUT2D eigenvalue weighted by Gasteiger charge is -2.31. The van der Waals surface area contributed by atoms with Crippen LogP contribution >= 0.6 is 0 Å². The summed E-state index contributed by atoms with van der Waals surface area (Å²) in [6.07, 6.45) is 1.31. The summed E-state index contributed by atoms with van der Waals surface area (Å²) in [5.74, 6) is -0.0399. The van der Waals surface area contributed by atoms with Crippen LogP contribution in [-0.4, -0.2) is 34.7 Å². The Bertz CT molecular complexity index is 803. The topological polar surface area (TPSA) is 70.2 Å². The Morgan fingerprint density at radius 3 is 2.33 bits per heavy atom. The minimum atomic E-state index is -0.271. The third kappa shape index (κ3) is 3.45. The second-order valence-corrected chi connectivity index (χ2v) is 6.21. The monoisotopic (exact) mass is 324 g/mol. The van der Waals surface area contributed by atoms with Gasteiger partial charge in [0, 0.05) is 41.9 Å². The van der Waals surface area contributed by atoms with Gasteiger partial charge in [-0.05, 0) is 25.8 Å². The van der Waals surface area contributed by atoms with Gasteiger partial charge < -0.3 is 9.88 Å². The van der Waals surface area contributed by atoms with Crippen molar-refractivity contribution in [3.05, 3.63) is 69.6 Å². The van der Waals surface area contributed by atoms with E-state index in [1.807, 2.05) is 30.3 Å². The number of pyridine rings is 1. The molecule has 0 unspecified atom stereocenters. The molecule has 24 heavy (non-hydrogen) atoms. The SMILES string of the molecule is Cc1cc(C(=O)N2CCC(C(=O)c3ccccc3)CC2)cc(=O)[nH]1. The Morgan fingerprint density at radius 1 is 1.04 bits per heavy atom. The fourth-order valence-electron chi connectivity index (χ4n) is 3.17. The third-order valence-electron chi connectivity index (χ3n) is 4.44. The highest BCUT2D eigenvalue weighted by Gasteiger charge is 2.28. The molecule has 0 atom stereocenters. The first-order valence-corrected chi connectivity index (χ1v) is 8.14. The van der Waals surface area contributed by atoms with Gasteiger partial charge in [0.2, 0.25) is 5.56 Å². The fraction of sp³-hybridized carbons (Fsp3) is 0.316. The van der Waals surface area contributed by atoms with Gasteiger partial charge >= 0.3 is 0 Å². The molecule has 0 saturated carbocycles. The number of likely N-dealkylation sites (tertiary alicyclic amines) is 1. The minimum absolute atomic E-state index is 0.0441. The first-order valence-electron chi connectivity index (χ1n) is 8.14. The van der Waals surface area contributed by atoms with E-state index in [9.17, 15) is 14.4 Å². The van der Waals surface area contributed by atoms with E-state index in [4.69, 9.17) is 0 Å². The number of benzene rings is 1. The van der Waals surface area contributed by atoms with Crippen LogP contribution in [0.4, 0.5) is 0 Å². The molecular formula is C19H20N2O3. The predicted octanol–water partition coefficient (Wildman–Crippen LogP) is 2.42. The molecule has 1 aliphatic heterocycles. The fourth-order valence-corrected chi connectivity index (χ4v) is 3.17. The van der Waals surface area contributed by atoms with Gasteiger partial charge in [-0.3, -0.25) is 14.4 Å². The molecule has 5 heteroatoms. The lowest BCUT2D eigenvalue weighted by atomic mass is 9.88. The van der Waals surface area contributed by atoms with Crippen molar-refractivity contribution >= 4 is 11.7 Å². The van der Waals surface area contributed by atoms with Crippen LogP contribution in [0.1, 0.15) is 39.3 Å². The molecule has 124 valence electrons. The van der Waals surface area contributed by atoms with Gasteiger partial charge in [0.1, 0.15) is 0 Å². The number of nitrogens with one attached hydrogen (secondary N) is 1. The maximum Gasteiger partial charge on any atom is 0.254 e. The average Bonchev–Trinajstić information content (AvgIpc) is 2.60. The van der Waals surface area contributed by atoms with Crippen molar-refractivity contribution in [2.45, 2.75) is 19.8 Å². The number of nitrogens with zero attached hydrogens (tertiary/aromatic N) is 1.